The number of hydrogen-bond donors (Lipinski definition) is 2. The van der Waals surface area contributed by atoms with E-state index in [-0.39, 0.29) is 22.3 Å². The van der Waals surface area contributed by atoms with Gasteiger partial charge in [0.25, 0.3) is 0 Å². The van der Waals surface area contributed by atoms with Gasteiger partial charge in [-0.05, 0) is 49.4 Å². The summed E-state index contributed by atoms with van der Waals surface area (Å²) in [7, 11) is -6.73. The normalized spacial score (nSPS) is 35.7. The van der Waals surface area contributed by atoms with E-state index in [1.54, 1.807) is 0 Å². The Balaban J connectivity index is 0.000000260. The summed E-state index contributed by atoms with van der Waals surface area (Å²) in [5, 5.41) is 9.57. The van der Waals surface area contributed by atoms with Crippen LogP contribution < -0.4 is 10.3 Å². The van der Waals surface area contributed by atoms with Crippen LogP contribution in [0.2, 0.25) is 0 Å². The van der Waals surface area contributed by atoms with Gasteiger partial charge in [0.05, 0.1) is 10.5 Å². The molecule has 2 aliphatic carbocycles. The molecule has 0 spiro atoms. The van der Waals surface area contributed by atoms with Gasteiger partial charge in [0, 0.05) is 0 Å². The van der Waals surface area contributed by atoms with Crippen LogP contribution in [-0.2, 0) is 20.0 Å². The third-order valence-corrected chi connectivity index (χ3v) is 9.04. The van der Waals surface area contributed by atoms with Crippen molar-refractivity contribution in [2.45, 2.75) is 62.9 Å². The molecule has 0 unspecified atom stereocenters. The van der Waals surface area contributed by atoms with E-state index in [1.165, 1.54) is 0 Å². The van der Waals surface area contributed by atoms with Gasteiger partial charge in [-0.2, -0.15) is 0 Å². The van der Waals surface area contributed by atoms with Crippen LogP contribution in [0.4, 0.5) is 0 Å². The first-order valence-corrected chi connectivity index (χ1v) is 12.4. The maximum Gasteiger partial charge on any atom is 0.212 e. The van der Waals surface area contributed by atoms with E-state index in [9.17, 15) is 16.8 Å². The average molecular weight is 407 g/mol. The summed E-state index contributed by atoms with van der Waals surface area (Å²) in [5.41, 5.74) is 0. The number of nitrogens with two attached hydrogens (primary N) is 2. The fraction of sp³-hybridized carbons (Fsp3) is 0.778. The molecule has 0 aromatic carbocycles. The summed E-state index contributed by atoms with van der Waals surface area (Å²) in [6.45, 7) is 11.3. The Morgan fingerprint density at radius 2 is 1.04 bits per heavy atom. The Morgan fingerprint density at radius 1 is 0.731 bits per heavy atom. The Morgan fingerprint density at radius 3 is 1.27 bits per heavy atom. The molecule has 6 nitrogen and oxygen atoms in total. The lowest BCUT2D eigenvalue weighted by Crippen LogP contribution is -2.39. The van der Waals surface area contributed by atoms with Crippen molar-refractivity contribution in [3.63, 3.8) is 0 Å². The highest BCUT2D eigenvalue weighted by Crippen LogP contribution is 2.34. The van der Waals surface area contributed by atoms with Crippen molar-refractivity contribution in [3.05, 3.63) is 25.3 Å². The van der Waals surface area contributed by atoms with E-state index in [2.05, 4.69) is 13.2 Å². The lowest BCUT2D eigenvalue weighted by atomic mass is 9.80. The number of sulfonamides is 2. The van der Waals surface area contributed by atoms with Crippen molar-refractivity contribution >= 4 is 20.0 Å². The number of allylic oxidation sites excluding steroid dienone is 2. The second-order valence-corrected chi connectivity index (χ2v) is 11.2. The van der Waals surface area contributed by atoms with Crippen molar-refractivity contribution in [2.24, 2.45) is 33.9 Å². The van der Waals surface area contributed by atoms with Gasteiger partial charge < -0.3 is 0 Å². The molecule has 26 heavy (non-hydrogen) atoms. The third kappa shape index (κ3) is 6.18. The van der Waals surface area contributed by atoms with Crippen LogP contribution in [0.3, 0.4) is 0 Å². The molecule has 0 radical (unpaired) electrons. The Labute approximate surface area is 159 Å². The van der Waals surface area contributed by atoms with Crippen molar-refractivity contribution < 1.29 is 16.8 Å². The van der Waals surface area contributed by atoms with Gasteiger partial charge in [-0.25, -0.2) is 27.1 Å². The second kappa shape index (κ2) is 9.48. The van der Waals surface area contributed by atoms with E-state index >= 15 is 0 Å². The zero-order valence-corrected chi connectivity index (χ0v) is 17.5. The number of rotatable bonds is 4. The zero-order chi connectivity index (χ0) is 20.1. The van der Waals surface area contributed by atoms with Crippen molar-refractivity contribution in [3.8, 4) is 0 Å². The summed E-state index contributed by atoms with van der Waals surface area (Å²) in [5.74, 6) is 0.830. The average Bonchev–Trinajstić information content (AvgIpc) is 2.53. The van der Waals surface area contributed by atoms with E-state index < -0.39 is 20.0 Å². The molecule has 2 saturated carbocycles. The summed E-state index contributed by atoms with van der Waals surface area (Å²) in [6, 6.07) is 0. The fourth-order valence-corrected chi connectivity index (χ4v) is 6.90. The van der Waals surface area contributed by atoms with Crippen LogP contribution in [0, 0.1) is 23.7 Å². The summed E-state index contributed by atoms with van der Waals surface area (Å²) < 4.78 is 44.8. The van der Waals surface area contributed by atoms with E-state index in [0.29, 0.717) is 24.7 Å². The predicted octanol–water partition coefficient (Wildman–Crippen LogP) is 2.53. The molecule has 6 atom stereocenters. The first-order chi connectivity index (χ1) is 11.9. The lowest BCUT2D eigenvalue weighted by molar-refractivity contribution is 0.307. The van der Waals surface area contributed by atoms with Gasteiger partial charge in [-0.15, -0.1) is 13.2 Å². The highest BCUT2D eigenvalue weighted by atomic mass is 32.2. The van der Waals surface area contributed by atoms with Crippen LogP contribution >= 0.6 is 0 Å². The predicted molar refractivity (Wildman–Crippen MR) is 107 cm³/mol. The summed E-state index contributed by atoms with van der Waals surface area (Å²) in [4.78, 5) is 0. The van der Waals surface area contributed by atoms with E-state index in [4.69, 9.17) is 10.3 Å². The van der Waals surface area contributed by atoms with Crippen molar-refractivity contribution in [2.75, 3.05) is 0 Å². The van der Waals surface area contributed by atoms with Gasteiger partial charge in [0.1, 0.15) is 0 Å². The molecule has 0 amide bonds. The molecule has 0 heterocycles. The molecule has 0 aromatic rings. The molecule has 0 bridgehead atoms. The van der Waals surface area contributed by atoms with Crippen LogP contribution in [0.25, 0.3) is 0 Å². The smallest absolute Gasteiger partial charge is 0.212 e. The Hall–Kier alpha value is -0.700. The Bertz CT molecular complexity index is 628. The fourth-order valence-electron chi connectivity index (χ4n) is 4.30. The minimum absolute atomic E-state index is 0.112. The molecule has 0 aliphatic heterocycles. The highest BCUT2D eigenvalue weighted by Gasteiger charge is 2.35. The monoisotopic (exact) mass is 406 g/mol. The standard InChI is InChI=1S/2C9H17NO2S/c2*1-3-8-5-4-6-9(7(8)2)13(10,11)12/h2*3,7-9H,1,4-6H2,2H3,(H2,10,11,12)/t2*7-,8+,9+/m10/s1. The van der Waals surface area contributed by atoms with Crippen molar-refractivity contribution in [1.29, 1.82) is 0 Å². The highest BCUT2D eigenvalue weighted by molar-refractivity contribution is 7.90. The molecule has 8 heteroatoms. The lowest BCUT2D eigenvalue weighted by Gasteiger charge is -2.32. The molecule has 2 rings (SSSR count). The largest absolute Gasteiger partial charge is 0.228 e. The number of hydrogen-bond acceptors (Lipinski definition) is 4. The van der Waals surface area contributed by atoms with Gasteiger partial charge in [-0.3, -0.25) is 0 Å². The molecule has 0 aromatic heterocycles. The first-order valence-electron chi connectivity index (χ1n) is 9.21. The topological polar surface area (TPSA) is 120 Å². The van der Waals surface area contributed by atoms with Crippen LogP contribution in [0.5, 0.6) is 0 Å². The molecular formula is C18H34N2O4S2. The zero-order valence-electron chi connectivity index (χ0n) is 15.9. The summed E-state index contributed by atoms with van der Waals surface area (Å²) >= 11 is 0. The molecule has 2 aliphatic rings. The molecule has 4 N–H and O–H groups in total. The second-order valence-electron chi connectivity index (χ2n) is 7.63. The van der Waals surface area contributed by atoms with Crippen LogP contribution in [-0.4, -0.2) is 27.3 Å². The first kappa shape index (κ1) is 23.3. The SMILES string of the molecule is C=C[C@@H]1CCC[C@@H](S(N)(=O)=O)[C@H]1C.C=C[C@H]1CCC[C@H](S(N)(=O)=O)[C@@H]1C. The Kier molecular flexibility index (Phi) is 8.51. The van der Waals surface area contributed by atoms with Gasteiger partial charge in [0.15, 0.2) is 0 Å². The van der Waals surface area contributed by atoms with E-state index in [0.717, 1.165) is 25.7 Å². The van der Waals surface area contributed by atoms with Crippen molar-refractivity contribution in [1.82, 2.24) is 0 Å². The van der Waals surface area contributed by atoms with Gasteiger partial charge in [-0.1, -0.05) is 38.8 Å². The van der Waals surface area contributed by atoms with Gasteiger partial charge >= 0.3 is 0 Å². The molecule has 0 saturated heterocycles. The van der Waals surface area contributed by atoms with Gasteiger partial charge in [0.2, 0.25) is 20.0 Å². The number of primary sulfonamides is 2. The minimum Gasteiger partial charge on any atom is -0.228 e. The maximum absolute atomic E-state index is 11.2. The molecule has 152 valence electrons. The van der Waals surface area contributed by atoms with E-state index in [1.807, 2.05) is 26.0 Å². The molecule has 2 fully saturated rings. The molecular weight excluding hydrogens is 372 g/mol. The minimum atomic E-state index is -3.37. The van der Waals surface area contributed by atoms with Crippen LogP contribution in [0.15, 0.2) is 25.3 Å². The summed E-state index contributed by atoms with van der Waals surface area (Å²) in [6.07, 6.45) is 9.04. The third-order valence-electron chi connectivity index (χ3n) is 6.03. The quantitative estimate of drug-likeness (QED) is 0.697. The maximum atomic E-state index is 11.2. The van der Waals surface area contributed by atoms with Crippen LogP contribution in [0.1, 0.15) is 52.4 Å².